The van der Waals surface area contributed by atoms with Gasteiger partial charge in [0, 0.05) is 32.9 Å². The third kappa shape index (κ3) is 5.64. The molecule has 8 aromatic carbocycles. The first kappa shape index (κ1) is 33.9. The molecule has 58 heavy (non-hydrogen) atoms. The Morgan fingerprint density at radius 2 is 0.845 bits per heavy atom. The molecule has 4 heteroatoms. The van der Waals surface area contributed by atoms with Gasteiger partial charge in [-0.05, 0) is 86.0 Å². The molecule has 10 aromatic rings. The molecule has 0 N–H and O–H groups in total. The van der Waals surface area contributed by atoms with Gasteiger partial charge in [-0.3, -0.25) is 0 Å². The first-order chi connectivity index (χ1) is 28.5. The number of benzene rings is 8. The third-order valence-electron chi connectivity index (χ3n) is 11.8. The lowest BCUT2D eigenvalue weighted by molar-refractivity contribution is 0.660. The second kappa shape index (κ2) is 13.4. The average molecular weight is 744 g/mol. The number of furan rings is 1. The monoisotopic (exact) mass is 743 g/mol. The molecule has 0 radical (unpaired) electrons. The van der Waals surface area contributed by atoms with Crippen LogP contribution in [0.1, 0.15) is 25.0 Å². The van der Waals surface area contributed by atoms with Gasteiger partial charge in [0.1, 0.15) is 11.2 Å². The van der Waals surface area contributed by atoms with E-state index in [0.29, 0.717) is 17.5 Å². The van der Waals surface area contributed by atoms with Crippen LogP contribution in [0.4, 0.5) is 0 Å². The van der Waals surface area contributed by atoms with Crippen LogP contribution >= 0.6 is 0 Å². The zero-order chi connectivity index (χ0) is 38.8. The molecular weight excluding hydrogens is 707 g/mol. The smallest absolute Gasteiger partial charge is 0.164 e. The topological polar surface area (TPSA) is 51.8 Å². The van der Waals surface area contributed by atoms with Gasteiger partial charge >= 0.3 is 0 Å². The summed E-state index contributed by atoms with van der Waals surface area (Å²) in [6, 6.07) is 66.1. The fourth-order valence-corrected chi connectivity index (χ4v) is 8.77. The van der Waals surface area contributed by atoms with Gasteiger partial charge in [-0.25, -0.2) is 15.0 Å². The van der Waals surface area contributed by atoms with E-state index in [1.807, 2.05) is 18.2 Å². The van der Waals surface area contributed by atoms with E-state index < -0.39 is 0 Å². The Balaban J connectivity index is 1.05. The van der Waals surface area contributed by atoms with E-state index in [4.69, 9.17) is 19.4 Å². The maximum atomic E-state index is 6.54. The van der Waals surface area contributed by atoms with Crippen LogP contribution in [-0.2, 0) is 5.41 Å². The van der Waals surface area contributed by atoms with E-state index >= 15 is 0 Å². The highest BCUT2D eigenvalue weighted by Crippen LogP contribution is 2.49. The molecule has 0 spiro atoms. The number of fused-ring (bicyclic) bond motifs is 6. The highest BCUT2D eigenvalue weighted by atomic mass is 16.3. The molecule has 11 rings (SSSR count). The molecule has 4 nitrogen and oxygen atoms in total. The molecule has 0 saturated heterocycles. The van der Waals surface area contributed by atoms with Crippen LogP contribution < -0.4 is 0 Å². The Morgan fingerprint density at radius 3 is 1.59 bits per heavy atom. The first-order valence-corrected chi connectivity index (χ1v) is 19.8. The minimum absolute atomic E-state index is 0.0953. The fourth-order valence-electron chi connectivity index (χ4n) is 8.77. The van der Waals surface area contributed by atoms with E-state index in [1.165, 1.54) is 33.4 Å². The van der Waals surface area contributed by atoms with Gasteiger partial charge in [0.2, 0.25) is 0 Å². The minimum Gasteiger partial charge on any atom is -0.456 e. The third-order valence-corrected chi connectivity index (χ3v) is 11.8. The van der Waals surface area contributed by atoms with Crippen LogP contribution in [-0.4, -0.2) is 15.0 Å². The molecule has 0 fully saturated rings. The molecule has 1 aliphatic rings. The van der Waals surface area contributed by atoms with Gasteiger partial charge in [-0.15, -0.1) is 0 Å². The minimum atomic E-state index is -0.0953. The van der Waals surface area contributed by atoms with E-state index in [1.54, 1.807) is 0 Å². The molecule has 0 aliphatic heterocycles. The van der Waals surface area contributed by atoms with Crippen molar-refractivity contribution in [3.63, 3.8) is 0 Å². The summed E-state index contributed by atoms with van der Waals surface area (Å²) in [5, 5.41) is 2.15. The van der Waals surface area contributed by atoms with E-state index in [9.17, 15) is 0 Å². The van der Waals surface area contributed by atoms with Crippen LogP contribution in [0.5, 0.6) is 0 Å². The van der Waals surface area contributed by atoms with Crippen LogP contribution in [0.2, 0.25) is 0 Å². The lowest BCUT2D eigenvalue weighted by atomic mass is 9.82. The second-order valence-electron chi connectivity index (χ2n) is 15.6. The number of hydrogen-bond donors (Lipinski definition) is 0. The normalized spacial score (nSPS) is 12.8. The van der Waals surface area contributed by atoms with Crippen molar-refractivity contribution in [3.05, 3.63) is 199 Å². The summed E-state index contributed by atoms with van der Waals surface area (Å²) in [7, 11) is 0. The fraction of sp³-hybridized carbons (Fsp3) is 0.0556. The Labute approximate surface area is 337 Å². The number of aromatic nitrogens is 3. The summed E-state index contributed by atoms with van der Waals surface area (Å²) in [5.74, 6) is 1.82. The molecule has 2 aromatic heterocycles. The zero-order valence-corrected chi connectivity index (χ0v) is 32.1. The lowest BCUT2D eigenvalue weighted by Crippen LogP contribution is -2.14. The SMILES string of the molecule is CC1(C)c2ccccc2-c2cc(-c3nc(-c4cccc(-c5ccc(-c6ccccc6)cc5)c4)nc(-c4ccc5c(c4)oc4cccc(-c6ccccc6)c45)n3)ccc21. The molecule has 2 heterocycles. The van der Waals surface area contributed by atoms with Gasteiger partial charge in [0.05, 0.1) is 0 Å². The van der Waals surface area contributed by atoms with Crippen LogP contribution in [0.15, 0.2) is 192 Å². The van der Waals surface area contributed by atoms with Gasteiger partial charge in [0.25, 0.3) is 0 Å². The van der Waals surface area contributed by atoms with Crippen molar-refractivity contribution in [1.29, 1.82) is 0 Å². The summed E-state index contributed by atoms with van der Waals surface area (Å²) in [5.41, 5.74) is 16.3. The highest BCUT2D eigenvalue weighted by molar-refractivity contribution is 6.13. The molecule has 0 bridgehead atoms. The zero-order valence-electron chi connectivity index (χ0n) is 32.1. The standard InChI is InChI=1S/C54H37N3O/c1-54(2)46-21-10-9-19-43(46)45-32-40(28-30-47(45)54)52-55-51(39-18-11-17-38(31-39)36-25-23-35(24-26-36)34-13-5-3-6-14-34)56-53(57-52)41-27-29-44-49(33-41)58-48-22-12-20-42(50(44)48)37-15-7-4-8-16-37/h3-33H,1-2H3. The average Bonchev–Trinajstić information content (AvgIpc) is 3.78. The maximum Gasteiger partial charge on any atom is 0.164 e. The summed E-state index contributed by atoms with van der Waals surface area (Å²) < 4.78 is 6.54. The number of hydrogen-bond acceptors (Lipinski definition) is 4. The van der Waals surface area contributed by atoms with Crippen molar-refractivity contribution in [2.75, 3.05) is 0 Å². The molecule has 0 unspecified atom stereocenters. The van der Waals surface area contributed by atoms with Crippen LogP contribution in [0, 0.1) is 0 Å². The highest BCUT2D eigenvalue weighted by Gasteiger charge is 2.35. The van der Waals surface area contributed by atoms with E-state index in [-0.39, 0.29) is 5.41 Å². The van der Waals surface area contributed by atoms with Gasteiger partial charge in [-0.1, -0.05) is 172 Å². The summed E-state index contributed by atoms with van der Waals surface area (Å²) in [4.78, 5) is 15.6. The lowest BCUT2D eigenvalue weighted by Gasteiger charge is -2.21. The molecule has 0 amide bonds. The Kier molecular flexibility index (Phi) is 7.80. The molecule has 0 saturated carbocycles. The largest absolute Gasteiger partial charge is 0.456 e. The summed E-state index contributed by atoms with van der Waals surface area (Å²) in [6.45, 7) is 4.60. The van der Waals surface area contributed by atoms with Crippen molar-refractivity contribution < 1.29 is 4.42 Å². The van der Waals surface area contributed by atoms with Crippen molar-refractivity contribution in [3.8, 4) is 78.7 Å². The Morgan fingerprint density at radius 1 is 0.345 bits per heavy atom. The van der Waals surface area contributed by atoms with Crippen molar-refractivity contribution in [2.24, 2.45) is 0 Å². The van der Waals surface area contributed by atoms with E-state index in [2.05, 4.69) is 184 Å². The molecular formula is C54H37N3O. The van der Waals surface area contributed by atoms with Gasteiger partial charge in [-0.2, -0.15) is 0 Å². The summed E-state index contributed by atoms with van der Waals surface area (Å²) in [6.07, 6.45) is 0. The Hall–Kier alpha value is -7.43. The molecule has 0 atom stereocenters. The predicted molar refractivity (Wildman–Crippen MR) is 237 cm³/mol. The van der Waals surface area contributed by atoms with Crippen LogP contribution in [0.25, 0.3) is 101 Å². The van der Waals surface area contributed by atoms with E-state index in [0.717, 1.165) is 60.9 Å². The molecule has 274 valence electrons. The second-order valence-corrected chi connectivity index (χ2v) is 15.6. The molecule has 1 aliphatic carbocycles. The predicted octanol–water partition coefficient (Wildman–Crippen LogP) is 14.1. The Bertz CT molecular complexity index is 3180. The number of nitrogens with zero attached hydrogens (tertiary/aromatic N) is 3. The van der Waals surface area contributed by atoms with Crippen LogP contribution in [0.3, 0.4) is 0 Å². The van der Waals surface area contributed by atoms with Crippen molar-refractivity contribution in [2.45, 2.75) is 19.3 Å². The first-order valence-electron chi connectivity index (χ1n) is 19.8. The van der Waals surface area contributed by atoms with Gasteiger partial charge in [0.15, 0.2) is 17.5 Å². The van der Waals surface area contributed by atoms with Crippen molar-refractivity contribution >= 4 is 21.9 Å². The summed E-state index contributed by atoms with van der Waals surface area (Å²) >= 11 is 0. The van der Waals surface area contributed by atoms with Crippen molar-refractivity contribution in [1.82, 2.24) is 15.0 Å². The quantitative estimate of drug-likeness (QED) is 0.170. The maximum absolute atomic E-state index is 6.54. The van der Waals surface area contributed by atoms with Gasteiger partial charge < -0.3 is 4.42 Å². The number of rotatable bonds is 6.